The predicted molar refractivity (Wildman–Crippen MR) is 60.4 cm³/mol. The van der Waals surface area contributed by atoms with E-state index < -0.39 is 0 Å². The van der Waals surface area contributed by atoms with Crippen LogP contribution in [0.3, 0.4) is 0 Å². The van der Waals surface area contributed by atoms with Crippen LogP contribution in [0.5, 0.6) is 0 Å². The van der Waals surface area contributed by atoms with Crippen LogP contribution in [0.1, 0.15) is 43.2 Å². The minimum Gasteiger partial charge on any atom is -0.330 e. The maximum absolute atomic E-state index is 5.69. The van der Waals surface area contributed by atoms with E-state index in [9.17, 15) is 0 Å². The summed E-state index contributed by atoms with van der Waals surface area (Å²) < 4.78 is 0. The van der Waals surface area contributed by atoms with Gasteiger partial charge in [0.1, 0.15) is 0 Å². The topological polar surface area (TPSA) is 26.0 Å². The van der Waals surface area contributed by atoms with Crippen LogP contribution in [0.2, 0.25) is 0 Å². The zero-order valence-electron chi connectivity index (χ0n) is 9.03. The smallest absolute Gasteiger partial charge is 0.00428 e. The molecule has 2 atom stereocenters. The molecule has 14 heavy (non-hydrogen) atoms. The van der Waals surface area contributed by atoms with Crippen molar-refractivity contribution < 1.29 is 0 Å². The van der Waals surface area contributed by atoms with Crippen molar-refractivity contribution in [2.75, 3.05) is 6.54 Å². The van der Waals surface area contributed by atoms with Gasteiger partial charge >= 0.3 is 0 Å². The van der Waals surface area contributed by atoms with Gasteiger partial charge in [0.2, 0.25) is 0 Å². The molecule has 0 saturated heterocycles. The zero-order valence-corrected chi connectivity index (χ0v) is 9.03. The standard InChI is InChI=1S/C13H19N/c1-9(2)11-5-3-4-6-12(11)13-7-10(13)8-14/h3-6,9-10,13H,7-8,14H2,1-2H3/t10-,13+/m0/s1. The average Bonchev–Trinajstić information content (AvgIpc) is 2.96. The molecule has 0 amide bonds. The maximum atomic E-state index is 5.69. The molecule has 0 aromatic heterocycles. The van der Waals surface area contributed by atoms with Gasteiger partial charge in [-0.25, -0.2) is 0 Å². The van der Waals surface area contributed by atoms with Crippen molar-refractivity contribution in [2.24, 2.45) is 11.7 Å². The van der Waals surface area contributed by atoms with Crippen molar-refractivity contribution in [3.63, 3.8) is 0 Å². The molecule has 2 N–H and O–H groups in total. The molecule has 1 aliphatic carbocycles. The first-order valence-electron chi connectivity index (χ1n) is 5.53. The minimum absolute atomic E-state index is 0.630. The van der Waals surface area contributed by atoms with Gasteiger partial charge in [-0.1, -0.05) is 38.1 Å². The monoisotopic (exact) mass is 189 g/mol. The molecule has 0 spiro atoms. The summed E-state index contributed by atoms with van der Waals surface area (Å²) in [5, 5.41) is 0. The van der Waals surface area contributed by atoms with Crippen LogP contribution in [0, 0.1) is 5.92 Å². The molecule has 1 heteroatoms. The first-order chi connectivity index (χ1) is 6.74. The Hall–Kier alpha value is -0.820. The van der Waals surface area contributed by atoms with E-state index in [2.05, 4.69) is 38.1 Å². The lowest BCUT2D eigenvalue weighted by molar-refractivity contribution is 0.786. The summed E-state index contributed by atoms with van der Waals surface area (Å²) in [4.78, 5) is 0. The van der Waals surface area contributed by atoms with Crippen molar-refractivity contribution >= 4 is 0 Å². The quantitative estimate of drug-likeness (QED) is 0.777. The average molecular weight is 189 g/mol. The molecule has 1 aromatic carbocycles. The number of benzene rings is 1. The first kappa shape index (κ1) is 9.72. The molecule has 0 unspecified atom stereocenters. The highest BCUT2D eigenvalue weighted by Crippen LogP contribution is 2.48. The van der Waals surface area contributed by atoms with Gasteiger partial charge in [-0.3, -0.25) is 0 Å². The number of hydrogen-bond acceptors (Lipinski definition) is 1. The lowest BCUT2D eigenvalue weighted by atomic mass is 9.94. The van der Waals surface area contributed by atoms with Gasteiger partial charge < -0.3 is 5.73 Å². The number of rotatable bonds is 3. The van der Waals surface area contributed by atoms with Gasteiger partial charge in [-0.15, -0.1) is 0 Å². The SMILES string of the molecule is CC(C)c1ccccc1[C@@H]1C[C@H]1CN. The second kappa shape index (κ2) is 3.74. The molecular weight excluding hydrogens is 170 g/mol. The largest absolute Gasteiger partial charge is 0.330 e. The van der Waals surface area contributed by atoms with Gasteiger partial charge in [0.05, 0.1) is 0 Å². The third-order valence-electron chi connectivity index (χ3n) is 3.24. The molecule has 1 fully saturated rings. The molecule has 0 aliphatic heterocycles. The highest BCUT2D eigenvalue weighted by molar-refractivity contribution is 5.36. The summed E-state index contributed by atoms with van der Waals surface area (Å²) >= 11 is 0. The van der Waals surface area contributed by atoms with E-state index in [0.717, 1.165) is 18.4 Å². The van der Waals surface area contributed by atoms with Gasteiger partial charge in [0.15, 0.2) is 0 Å². The van der Waals surface area contributed by atoms with E-state index >= 15 is 0 Å². The van der Waals surface area contributed by atoms with Gasteiger partial charge in [0, 0.05) is 0 Å². The molecule has 1 saturated carbocycles. The number of hydrogen-bond donors (Lipinski definition) is 1. The van der Waals surface area contributed by atoms with E-state index in [1.165, 1.54) is 17.5 Å². The summed E-state index contributed by atoms with van der Waals surface area (Å²) in [7, 11) is 0. The van der Waals surface area contributed by atoms with Crippen molar-refractivity contribution in [1.29, 1.82) is 0 Å². The molecule has 0 bridgehead atoms. The molecule has 1 aliphatic rings. The highest BCUT2D eigenvalue weighted by atomic mass is 14.6. The van der Waals surface area contributed by atoms with E-state index in [4.69, 9.17) is 5.73 Å². The molecule has 0 heterocycles. The van der Waals surface area contributed by atoms with Gasteiger partial charge in [-0.2, -0.15) is 0 Å². The Morgan fingerprint density at radius 1 is 1.36 bits per heavy atom. The summed E-state index contributed by atoms with van der Waals surface area (Å²) in [5.74, 6) is 2.12. The first-order valence-corrected chi connectivity index (χ1v) is 5.53. The summed E-state index contributed by atoms with van der Waals surface area (Å²) in [6.07, 6.45) is 1.29. The van der Waals surface area contributed by atoms with Crippen LogP contribution >= 0.6 is 0 Å². The molecule has 1 aromatic rings. The van der Waals surface area contributed by atoms with Crippen LogP contribution in [0.15, 0.2) is 24.3 Å². The normalized spacial score (nSPS) is 25.4. The van der Waals surface area contributed by atoms with E-state index in [0.29, 0.717) is 5.92 Å². The summed E-state index contributed by atoms with van der Waals surface area (Å²) in [5.41, 5.74) is 8.74. The van der Waals surface area contributed by atoms with Crippen LogP contribution in [-0.2, 0) is 0 Å². The third-order valence-corrected chi connectivity index (χ3v) is 3.24. The molecule has 1 nitrogen and oxygen atoms in total. The van der Waals surface area contributed by atoms with Crippen molar-refractivity contribution in [3.8, 4) is 0 Å². The third kappa shape index (κ3) is 1.69. The van der Waals surface area contributed by atoms with Gasteiger partial charge in [0.25, 0.3) is 0 Å². The van der Waals surface area contributed by atoms with Crippen LogP contribution < -0.4 is 5.73 Å². The Balaban J connectivity index is 2.25. The fourth-order valence-corrected chi connectivity index (χ4v) is 2.26. The zero-order chi connectivity index (χ0) is 10.1. The summed E-state index contributed by atoms with van der Waals surface area (Å²) in [6.45, 7) is 5.37. The second-order valence-corrected chi connectivity index (χ2v) is 4.62. The lowest BCUT2D eigenvalue weighted by Gasteiger charge is -2.12. The fourth-order valence-electron chi connectivity index (χ4n) is 2.26. The number of nitrogens with two attached hydrogens (primary N) is 1. The Morgan fingerprint density at radius 3 is 2.64 bits per heavy atom. The van der Waals surface area contributed by atoms with E-state index in [-0.39, 0.29) is 0 Å². The molecule has 76 valence electrons. The molecule has 0 radical (unpaired) electrons. The van der Waals surface area contributed by atoms with Crippen molar-refractivity contribution in [3.05, 3.63) is 35.4 Å². The molecular formula is C13H19N. The van der Waals surface area contributed by atoms with Crippen LogP contribution in [0.4, 0.5) is 0 Å². The van der Waals surface area contributed by atoms with Crippen molar-refractivity contribution in [1.82, 2.24) is 0 Å². The predicted octanol–water partition coefficient (Wildman–Crippen LogP) is 2.87. The molecule has 2 rings (SSSR count). The van der Waals surface area contributed by atoms with Gasteiger partial charge in [-0.05, 0) is 41.8 Å². The van der Waals surface area contributed by atoms with Crippen LogP contribution in [-0.4, -0.2) is 6.54 Å². The Kier molecular flexibility index (Phi) is 2.60. The van der Waals surface area contributed by atoms with E-state index in [1.807, 2.05) is 0 Å². The van der Waals surface area contributed by atoms with E-state index in [1.54, 1.807) is 0 Å². The van der Waals surface area contributed by atoms with Crippen molar-refractivity contribution in [2.45, 2.75) is 32.1 Å². The second-order valence-electron chi connectivity index (χ2n) is 4.62. The Bertz CT molecular complexity index is 317. The highest BCUT2D eigenvalue weighted by Gasteiger charge is 2.38. The van der Waals surface area contributed by atoms with Crippen LogP contribution in [0.25, 0.3) is 0 Å². The fraction of sp³-hybridized carbons (Fsp3) is 0.538. The maximum Gasteiger partial charge on any atom is -0.00428 e. The summed E-state index contributed by atoms with van der Waals surface area (Å²) in [6, 6.07) is 8.81. The minimum atomic E-state index is 0.630. The lowest BCUT2D eigenvalue weighted by Crippen LogP contribution is -2.03. The Labute approximate surface area is 86.3 Å². The Morgan fingerprint density at radius 2 is 2.07 bits per heavy atom.